The summed E-state index contributed by atoms with van der Waals surface area (Å²) in [7, 11) is 0. The van der Waals surface area contributed by atoms with Crippen LogP contribution in [0.4, 0.5) is 10.7 Å². The number of carboxylic acids is 1. The summed E-state index contributed by atoms with van der Waals surface area (Å²) in [6.07, 6.45) is 2.15. The van der Waals surface area contributed by atoms with Gasteiger partial charge in [-0.25, -0.2) is 14.1 Å². The minimum atomic E-state index is -1.06. The summed E-state index contributed by atoms with van der Waals surface area (Å²) in [5.74, 6) is -1.04. The number of amides is 1. The van der Waals surface area contributed by atoms with Crippen LogP contribution in [0, 0.1) is 0 Å². The number of aromatic carboxylic acids is 1. The van der Waals surface area contributed by atoms with Crippen molar-refractivity contribution in [2.75, 3.05) is 11.9 Å². The topological polar surface area (TPSA) is 106 Å². The van der Waals surface area contributed by atoms with Gasteiger partial charge in [0.15, 0.2) is 5.65 Å². The van der Waals surface area contributed by atoms with Gasteiger partial charge >= 0.3 is 12.1 Å². The molecule has 0 aromatic carbocycles. The second-order valence-corrected chi connectivity index (χ2v) is 3.47. The Bertz CT molecular complexity index is 649. The van der Waals surface area contributed by atoms with Crippen LogP contribution in [-0.2, 0) is 4.74 Å². The molecule has 2 aromatic rings. The molecule has 1 amide bonds. The van der Waals surface area contributed by atoms with Gasteiger partial charge in [-0.15, -0.1) is 5.10 Å². The van der Waals surface area contributed by atoms with Crippen LogP contribution in [0.2, 0.25) is 0 Å². The van der Waals surface area contributed by atoms with E-state index in [1.54, 1.807) is 0 Å². The van der Waals surface area contributed by atoms with E-state index in [2.05, 4.69) is 22.0 Å². The van der Waals surface area contributed by atoms with Crippen molar-refractivity contribution >= 4 is 23.7 Å². The quantitative estimate of drug-likeness (QED) is 0.801. The third kappa shape index (κ3) is 2.86. The molecular formula is C11H10N4O4. The Morgan fingerprint density at radius 3 is 3.05 bits per heavy atom. The highest BCUT2D eigenvalue weighted by atomic mass is 16.5. The van der Waals surface area contributed by atoms with Crippen LogP contribution < -0.4 is 5.32 Å². The minimum Gasteiger partial charge on any atom is -0.478 e. The van der Waals surface area contributed by atoms with Crippen molar-refractivity contribution in [3.05, 3.63) is 36.5 Å². The maximum absolute atomic E-state index is 11.3. The van der Waals surface area contributed by atoms with Gasteiger partial charge in [-0.3, -0.25) is 5.32 Å². The number of hydrogen-bond donors (Lipinski definition) is 2. The molecule has 0 aliphatic rings. The molecule has 0 fully saturated rings. The lowest BCUT2D eigenvalue weighted by Crippen LogP contribution is -2.14. The monoisotopic (exact) mass is 262 g/mol. The van der Waals surface area contributed by atoms with E-state index in [-0.39, 0.29) is 18.1 Å². The molecule has 2 N–H and O–H groups in total. The van der Waals surface area contributed by atoms with E-state index in [0.717, 1.165) is 0 Å². The van der Waals surface area contributed by atoms with Crippen molar-refractivity contribution in [1.29, 1.82) is 0 Å². The molecule has 0 saturated heterocycles. The number of hydrogen-bond acceptors (Lipinski definition) is 5. The van der Waals surface area contributed by atoms with E-state index in [0.29, 0.717) is 5.65 Å². The average molecular weight is 262 g/mol. The van der Waals surface area contributed by atoms with Gasteiger partial charge in [0.25, 0.3) is 5.95 Å². The highest BCUT2D eigenvalue weighted by Crippen LogP contribution is 2.08. The van der Waals surface area contributed by atoms with Crippen LogP contribution in [0.5, 0.6) is 0 Å². The van der Waals surface area contributed by atoms with Crippen molar-refractivity contribution in [3.63, 3.8) is 0 Å². The largest absolute Gasteiger partial charge is 0.478 e. The van der Waals surface area contributed by atoms with Crippen LogP contribution in [0.3, 0.4) is 0 Å². The Hall–Kier alpha value is -2.90. The van der Waals surface area contributed by atoms with E-state index in [1.165, 1.54) is 28.9 Å². The summed E-state index contributed by atoms with van der Waals surface area (Å²) < 4.78 is 6.04. The van der Waals surface area contributed by atoms with Crippen molar-refractivity contribution in [1.82, 2.24) is 14.6 Å². The maximum atomic E-state index is 11.3. The Balaban J connectivity index is 2.19. The molecule has 19 heavy (non-hydrogen) atoms. The van der Waals surface area contributed by atoms with E-state index in [1.807, 2.05) is 0 Å². The van der Waals surface area contributed by atoms with Crippen LogP contribution >= 0.6 is 0 Å². The first kappa shape index (κ1) is 12.6. The zero-order valence-corrected chi connectivity index (χ0v) is 9.74. The molecule has 98 valence electrons. The Labute approximate surface area is 107 Å². The zero-order valence-electron chi connectivity index (χ0n) is 9.74. The molecule has 0 unspecified atom stereocenters. The summed E-state index contributed by atoms with van der Waals surface area (Å²) in [5.41, 5.74) is 0.389. The van der Waals surface area contributed by atoms with E-state index in [9.17, 15) is 9.59 Å². The SMILES string of the molecule is C=CCOC(=O)Nc1nc2cc(C(=O)O)ccn2n1. The van der Waals surface area contributed by atoms with Gasteiger partial charge in [0.1, 0.15) is 6.61 Å². The molecule has 8 heteroatoms. The smallest absolute Gasteiger partial charge is 0.414 e. The van der Waals surface area contributed by atoms with E-state index >= 15 is 0 Å². The fourth-order valence-corrected chi connectivity index (χ4v) is 1.33. The predicted molar refractivity (Wildman–Crippen MR) is 65.1 cm³/mol. The number of pyridine rings is 1. The number of carbonyl (C=O) groups excluding carboxylic acids is 1. The first-order valence-electron chi connectivity index (χ1n) is 5.24. The lowest BCUT2D eigenvalue weighted by Gasteiger charge is -1.99. The normalized spacial score (nSPS) is 10.1. The summed E-state index contributed by atoms with van der Waals surface area (Å²) in [5, 5.41) is 15.1. The first-order chi connectivity index (χ1) is 9.10. The van der Waals surface area contributed by atoms with E-state index in [4.69, 9.17) is 9.84 Å². The first-order valence-corrected chi connectivity index (χ1v) is 5.24. The van der Waals surface area contributed by atoms with Gasteiger partial charge in [0.2, 0.25) is 0 Å². The second kappa shape index (κ2) is 5.17. The minimum absolute atomic E-state index is 0.0246. The third-order valence-corrected chi connectivity index (χ3v) is 2.13. The molecule has 0 radical (unpaired) electrons. The molecule has 8 nitrogen and oxygen atoms in total. The van der Waals surface area contributed by atoms with E-state index < -0.39 is 12.1 Å². The molecule has 0 aliphatic heterocycles. The van der Waals surface area contributed by atoms with Gasteiger partial charge in [0, 0.05) is 6.20 Å². The van der Waals surface area contributed by atoms with Gasteiger partial charge < -0.3 is 9.84 Å². The highest BCUT2D eigenvalue weighted by Gasteiger charge is 2.10. The summed E-state index contributed by atoms with van der Waals surface area (Å²) in [6.45, 7) is 3.48. The molecule has 0 saturated carbocycles. The molecular weight excluding hydrogens is 252 g/mol. The van der Waals surface area contributed by atoms with Gasteiger partial charge in [-0.05, 0) is 12.1 Å². The van der Waals surface area contributed by atoms with Gasteiger partial charge in [0.05, 0.1) is 5.56 Å². The highest BCUT2D eigenvalue weighted by molar-refractivity contribution is 5.88. The number of carboxylic acid groups (broad SMARTS) is 1. The fraction of sp³-hybridized carbons (Fsp3) is 0.0909. The fourth-order valence-electron chi connectivity index (χ4n) is 1.33. The molecule has 0 bridgehead atoms. The van der Waals surface area contributed by atoms with Gasteiger partial charge in [-0.1, -0.05) is 12.7 Å². The lowest BCUT2D eigenvalue weighted by molar-refractivity contribution is 0.0696. The van der Waals surface area contributed by atoms with Crippen molar-refractivity contribution in [2.24, 2.45) is 0 Å². The van der Waals surface area contributed by atoms with Crippen LogP contribution in [0.25, 0.3) is 5.65 Å². The number of ether oxygens (including phenoxy) is 1. The predicted octanol–water partition coefficient (Wildman–Crippen LogP) is 1.16. The second-order valence-electron chi connectivity index (χ2n) is 3.47. The van der Waals surface area contributed by atoms with Crippen LogP contribution in [0.15, 0.2) is 31.0 Å². The molecule has 0 spiro atoms. The number of fused-ring (bicyclic) bond motifs is 1. The van der Waals surface area contributed by atoms with Gasteiger partial charge in [-0.2, -0.15) is 4.98 Å². The molecule has 0 atom stereocenters. The number of rotatable bonds is 4. The summed E-state index contributed by atoms with van der Waals surface area (Å²) in [4.78, 5) is 26.0. The number of carbonyl (C=O) groups is 2. The van der Waals surface area contributed by atoms with Crippen molar-refractivity contribution < 1.29 is 19.4 Å². The molecule has 0 aliphatic carbocycles. The molecule has 2 rings (SSSR count). The standard InChI is InChI=1S/C11H10N4O4/c1-2-5-19-11(18)13-10-12-8-6-7(9(16)17)3-4-15(8)14-10/h2-4,6H,1,5H2,(H,16,17)(H,13,14,18). The Kier molecular flexibility index (Phi) is 3.42. The molecule has 2 aromatic heterocycles. The Morgan fingerprint density at radius 2 is 2.37 bits per heavy atom. The van der Waals surface area contributed by atoms with Crippen molar-refractivity contribution in [3.8, 4) is 0 Å². The van der Waals surface area contributed by atoms with Crippen LogP contribution in [0.1, 0.15) is 10.4 Å². The third-order valence-electron chi connectivity index (χ3n) is 2.13. The molecule has 2 heterocycles. The number of anilines is 1. The number of nitrogens with zero attached hydrogens (tertiary/aromatic N) is 3. The summed E-state index contributed by atoms with van der Waals surface area (Å²) in [6, 6.07) is 2.72. The summed E-state index contributed by atoms with van der Waals surface area (Å²) >= 11 is 0. The lowest BCUT2D eigenvalue weighted by atomic mass is 10.3. The maximum Gasteiger partial charge on any atom is 0.414 e. The van der Waals surface area contributed by atoms with Crippen molar-refractivity contribution in [2.45, 2.75) is 0 Å². The number of aromatic nitrogens is 3. The van der Waals surface area contributed by atoms with Crippen LogP contribution in [-0.4, -0.2) is 38.4 Å². The average Bonchev–Trinajstić information content (AvgIpc) is 2.77. The zero-order chi connectivity index (χ0) is 13.8. The number of nitrogens with one attached hydrogen (secondary N) is 1. The Morgan fingerprint density at radius 1 is 1.58 bits per heavy atom.